The lowest BCUT2D eigenvalue weighted by Gasteiger charge is -2.30. The number of nitrogens with zero attached hydrogens (tertiary/aromatic N) is 4. The molecule has 1 aromatic rings. The van der Waals surface area contributed by atoms with Crippen molar-refractivity contribution in [3.8, 4) is 0 Å². The van der Waals surface area contributed by atoms with Gasteiger partial charge in [0, 0.05) is 26.1 Å². The van der Waals surface area contributed by atoms with E-state index in [1.54, 1.807) is 0 Å². The molecule has 0 bridgehead atoms. The molecule has 1 aliphatic rings. The Morgan fingerprint density at radius 1 is 1.38 bits per heavy atom. The van der Waals surface area contributed by atoms with Crippen molar-refractivity contribution in [3.63, 3.8) is 0 Å². The Morgan fingerprint density at radius 3 is 2.86 bits per heavy atom. The zero-order valence-corrected chi connectivity index (χ0v) is 14.2. The van der Waals surface area contributed by atoms with Gasteiger partial charge in [0.1, 0.15) is 5.82 Å². The van der Waals surface area contributed by atoms with Crippen LogP contribution in [0.1, 0.15) is 45.9 Å². The number of aromatic nitrogens is 3. The van der Waals surface area contributed by atoms with Crippen LogP contribution in [0.5, 0.6) is 0 Å². The Morgan fingerprint density at radius 2 is 2.19 bits per heavy atom. The standard InChI is InChI=1S/C15H26N4OS/c1-4-7-13-16-17-15(19(13)5-2)21-11-14(20)18-9-6-8-12(3)10-18/h12H,4-11H2,1-3H3/t12-/m0/s1. The molecule has 0 N–H and O–H groups in total. The molecule has 1 fully saturated rings. The summed E-state index contributed by atoms with van der Waals surface area (Å²) in [7, 11) is 0. The van der Waals surface area contributed by atoms with Gasteiger partial charge in [-0.3, -0.25) is 4.79 Å². The first-order chi connectivity index (χ1) is 10.2. The highest BCUT2D eigenvalue weighted by Crippen LogP contribution is 2.21. The molecule has 5 nitrogen and oxygen atoms in total. The van der Waals surface area contributed by atoms with E-state index in [9.17, 15) is 4.79 Å². The molecule has 0 saturated carbocycles. The van der Waals surface area contributed by atoms with E-state index in [1.165, 1.54) is 18.2 Å². The Bertz CT molecular complexity index is 474. The molecule has 2 heterocycles. The fraction of sp³-hybridized carbons (Fsp3) is 0.800. The van der Waals surface area contributed by atoms with E-state index in [4.69, 9.17) is 0 Å². The van der Waals surface area contributed by atoms with Crippen LogP contribution < -0.4 is 0 Å². The predicted octanol–water partition coefficient (Wildman–Crippen LogP) is 2.60. The average molecular weight is 310 g/mol. The summed E-state index contributed by atoms with van der Waals surface area (Å²) in [6, 6.07) is 0. The number of aryl methyl sites for hydroxylation is 1. The first kappa shape index (κ1) is 16.3. The van der Waals surface area contributed by atoms with Gasteiger partial charge in [-0.25, -0.2) is 0 Å². The summed E-state index contributed by atoms with van der Waals surface area (Å²) >= 11 is 1.52. The Balaban J connectivity index is 1.91. The fourth-order valence-corrected chi connectivity index (χ4v) is 3.71. The van der Waals surface area contributed by atoms with Crippen LogP contribution in [0.2, 0.25) is 0 Å². The third-order valence-corrected chi connectivity index (χ3v) is 4.87. The molecule has 1 atom stereocenters. The summed E-state index contributed by atoms with van der Waals surface area (Å²) in [4.78, 5) is 14.3. The maximum absolute atomic E-state index is 12.3. The number of piperidine rings is 1. The number of carbonyl (C=O) groups is 1. The molecule has 1 aromatic heterocycles. The van der Waals surface area contributed by atoms with Gasteiger partial charge in [-0.15, -0.1) is 10.2 Å². The fourth-order valence-electron chi connectivity index (χ4n) is 2.79. The minimum absolute atomic E-state index is 0.231. The zero-order valence-electron chi connectivity index (χ0n) is 13.3. The number of hydrogen-bond donors (Lipinski definition) is 0. The zero-order chi connectivity index (χ0) is 15.2. The molecule has 1 aliphatic heterocycles. The summed E-state index contributed by atoms with van der Waals surface area (Å²) < 4.78 is 2.13. The van der Waals surface area contributed by atoms with Gasteiger partial charge in [0.2, 0.25) is 5.91 Å². The van der Waals surface area contributed by atoms with Crippen molar-refractivity contribution in [2.45, 2.75) is 58.2 Å². The van der Waals surface area contributed by atoms with Crippen molar-refractivity contribution in [2.24, 2.45) is 5.92 Å². The molecule has 0 spiro atoms. The SMILES string of the molecule is CCCc1nnc(SCC(=O)N2CCC[C@H](C)C2)n1CC. The molecular weight excluding hydrogens is 284 g/mol. The number of amides is 1. The molecule has 118 valence electrons. The average Bonchev–Trinajstić information content (AvgIpc) is 2.87. The van der Waals surface area contributed by atoms with Gasteiger partial charge in [0.05, 0.1) is 5.75 Å². The van der Waals surface area contributed by atoms with Gasteiger partial charge >= 0.3 is 0 Å². The van der Waals surface area contributed by atoms with Crippen LogP contribution in [0.3, 0.4) is 0 Å². The maximum Gasteiger partial charge on any atom is 0.233 e. The van der Waals surface area contributed by atoms with Gasteiger partial charge in [0.25, 0.3) is 0 Å². The maximum atomic E-state index is 12.3. The largest absolute Gasteiger partial charge is 0.342 e. The molecule has 0 radical (unpaired) electrons. The normalized spacial score (nSPS) is 19.0. The molecule has 0 aromatic carbocycles. The van der Waals surface area contributed by atoms with Crippen LogP contribution in [0.25, 0.3) is 0 Å². The van der Waals surface area contributed by atoms with E-state index in [2.05, 4.69) is 35.5 Å². The number of carbonyl (C=O) groups excluding carboxylic acids is 1. The number of rotatable bonds is 6. The third kappa shape index (κ3) is 4.22. The van der Waals surface area contributed by atoms with Gasteiger partial charge in [-0.05, 0) is 32.1 Å². The summed E-state index contributed by atoms with van der Waals surface area (Å²) in [5, 5.41) is 9.36. The van der Waals surface area contributed by atoms with Crippen LogP contribution in [-0.2, 0) is 17.8 Å². The smallest absolute Gasteiger partial charge is 0.233 e. The highest BCUT2D eigenvalue weighted by molar-refractivity contribution is 7.99. The van der Waals surface area contributed by atoms with Crippen LogP contribution in [0, 0.1) is 5.92 Å². The van der Waals surface area contributed by atoms with Crippen LogP contribution >= 0.6 is 11.8 Å². The van der Waals surface area contributed by atoms with Crippen molar-refractivity contribution in [3.05, 3.63) is 5.82 Å². The molecular formula is C15H26N4OS. The van der Waals surface area contributed by atoms with Crippen LogP contribution in [-0.4, -0.2) is 44.4 Å². The van der Waals surface area contributed by atoms with Gasteiger partial charge < -0.3 is 9.47 Å². The lowest BCUT2D eigenvalue weighted by atomic mass is 10.0. The Labute approximate surface area is 131 Å². The van der Waals surface area contributed by atoms with Crippen LogP contribution in [0.4, 0.5) is 0 Å². The Hall–Kier alpha value is -1.04. The lowest BCUT2D eigenvalue weighted by molar-refractivity contribution is -0.130. The molecule has 2 rings (SSSR count). The van der Waals surface area contributed by atoms with Crippen molar-refractivity contribution in [2.75, 3.05) is 18.8 Å². The minimum Gasteiger partial charge on any atom is -0.342 e. The number of hydrogen-bond acceptors (Lipinski definition) is 4. The molecule has 1 amide bonds. The highest BCUT2D eigenvalue weighted by atomic mass is 32.2. The van der Waals surface area contributed by atoms with Crippen molar-refractivity contribution in [1.29, 1.82) is 0 Å². The van der Waals surface area contributed by atoms with Gasteiger partial charge in [-0.2, -0.15) is 0 Å². The lowest BCUT2D eigenvalue weighted by Crippen LogP contribution is -2.40. The number of thioether (sulfide) groups is 1. The second-order valence-corrected chi connectivity index (χ2v) is 6.71. The van der Waals surface area contributed by atoms with E-state index >= 15 is 0 Å². The molecule has 21 heavy (non-hydrogen) atoms. The van der Waals surface area contributed by atoms with Crippen LogP contribution in [0.15, 0.2) is 5.16 Å². The van der Waals surface area contributed by atoms with Crippen molar-refractivity contribution >= 4 is 17.7 Å². The first-order valence-electron chi connectivity index (χ1n) is 7.98. The molecule has 0 aliphatic carbocycles. The second-order valence-electron chi connectivity index (χ2n) is 5.77. The Kier molecular flexibility index (Phi) is 6.08. The highest BCUT2D eigenvalue weighted by Gasteiger charge is 2.21. The van der Waals surface area contributed by atoms with E-state index in [1.807, 2.05) is 4.90 Å². The molecule has 1 saturated heterocycles. The van der Waals surface area contributed by atoms with E-state index in [-0.39, 0.29) is 5.91 Å². The van der Waals surface area contributed by atoms with Crippen molar-refractivity contribution in [1.82, 2.24) is 19.7 Å². The van der Waals surface area contributed by atoms with Gasteiger partial charge in [-0.1, -0.05) is 25.6 Å². The topological polar surface area (TPSA) is 51.0 Å². The van der Waals surface area contributed by atoms with Crippen molar-refractivity contribution < 1.29 is 4.79 Å². The first-order valence-corrected chi connectivity index (χ1v) is 8.96. The quantitative estimate of drug-likeness (QED) is 0.758. The van der Waals surface area contributed by atoms with E-state index in [0.29, 0.717) is 11.7 Å². The summed E-state index contributed by atoms with van der Waals surface area (Å²) in [5.41, 5.74) is 0. The van der Waals surface area contributed by atoms with E-state index < -0.39 is 0 Å². The monoisotopic (exact) mass is 310 g/mol. The predicted molar refractivity (Wildman–Crippen MR) is 85.4 cm³/mol. The summed E-state index contributed by atoms with van der Waals surface area (Å²) in [6.45, 7) is 9.13. The summed E-state index contributed by atoms with van der Waals surface area (Å²) in [5.74, 6) is 2.36. The van der Waals surface area contributed by atoms with Gasteiger partial charge in [0.15, 0.2) is 5.16 Å². The minimum atomic E-state index is 0.231. The third-order valence-electron chi connectivity index (χ3n) is 3.92. The molecule has 0 unspecified atom stereocenters. The molecule has 6 heteroatoms. The second kappa shape index (κ2) is 7.82. The summed E-state index contributed by atoms with van der Waals surface area (Å²) in [6.07, 6.45) is 4.37. The number of likely N-dealkylation sites (tertiary alicyclic amines) is 1. The van der Waals surface area contributed by atoms with E-state index in [0.717, 1.165) is 49.9 Å².